The standard InChI is InChI=1S/C21H22N2O6/c1-22(18-9-5-7-14-6-3-4-8-16(14)18)20(24)13-29-21(25)17-12-15(23(26)27)10-11-19(17)28-2/h3-4,6,8,10-12,18H,5,7,9,13H2,1-2H3/t18-/m1/s1. The lowest BCUT2D eigenvalue weighted by Gasteiger charge is -2.33. The predicted octanol–water partition coefficient (Wildman–Crippen LogP) is 3.30. The van der Waals surface area contributed by atoms with E-state index in [-0.39, 0.29) is 28.9 Å². The van der Waals surface area contributed by atoms with Gasteiger partial charge in [0.1, 0.15) is 11.3 Å². The number of methoxy groups -OCH3 is 1. The van der Waals surface area contributed by atoms with Crippen molar-refractivity contribution in [2.75, 3.05) is 20.8 Å². The van der Waals surface area contributed by atoms with E-state index in [4.69, 9.17) is 9.47 Å². The van der Waals surface area contributed by atoms with Crippen molar-refractivity contribution in [3.63, 3.8) is 0 Å². The van der Waals surface area contributed by atoms with Crippen LogP contribution in [0.5, 0.6) is 5.75 Å². The van der Waals surface area contributed by atoms with Crippen molar-refractivity contribution in [2.24, 2.45) is 0 Å². The van der Waals surface area contributed by atoms with Crippen molar-refractivity contribution in [3.05, 3.63) is 69.3 Å². The van der Waals surface area contributed by atoms with Crippen molar-refractivity contribution in [1.82, 2.24) is 4.90 Å². The van der Waals surface area contributed by atoms with E-state index in [0.717, 1.165) is 30.9 Å². The van der Waals surface area contributed by atoms with Crippen LogP contribution in [0.2, 0.25) is 0 Å². The Balaban J connectivity index is 1.69. The third-order valence-corrected chi connectivity index (χ3v) is 5.14. The van der Waals surface area contributed by atoms with Crippen LogP contribution in [0, 0.1) is 10.1 Å². The smallest absolute Gasteiger partial charge is 0.342 e. The van der Waals surface area contributed by atoms with Gasteiger partial charge in [0.2, 0.25) is 0 Å². The molecule has 2 aromatic carbocycles. The average Bonchev–Trinajstić information content (AvgIpc) is 2.75. The molecule has 2 aromatic rings. The molecule has 1 atom stereocenters. The molecule has 3 rings (SSSR count). The van der Waals surface area contributed by atoms with Crippen molar-refractivity contribution >= 4 is 17.6 Å². The monoisotopic (exact) mass is 398 g/mol. The van der Waals surface area contributed by atoms with Gasteiger partial charge in [0.05, 0.1) is 18.1 Å². The van der Waals surface area contributed by atoms with E-state index >= 15 is 0 Å². The van der Waals surface area contributed by atoms with Crippen LogP contribution in [0.25, 0.3) is 0 Å². The van der Waals surface area contributed by atoms with Gasteiger partial charge in [0.15, 0.2) is 6.61 Å². The van der Waals surface area contributed by atoms with Gasteiger partial charge in [0, 0.05) is 19.2 Å². The lowest BCUT2D eigenvalue weighted by molar-refractivity contribution is -0.384. The number of hydrogen-bond donors (Lipinski definition) is 0. The minimum Gasteiger partial charge on any atom is -0.496 e. The van der Waals surface area contributed by atoms with Gasteiger partial charge in [-0.3, -0.25) is 14.9 Å². The summed E-state index contributed by atoms with van der Waals surface area (Å²) >= 11 is 0. The number of likely N-dealkylation sites (N-methyl/N-ethyl adjacent to an activating group) is 1. The molecule has 8 heteroatoms. The number of esters is 1. The second-order valence-electron chi connectivity index (χ2n) is 6.83. The molecule has 0 unspecified atom stereocenters. The molecule has 152 valence electrons. The highest BCUT2D eigenvalue weighted by Crippen LogP contribution is 2.33. The van der Waals surface area contributed by atoms with E-state index < -0.39 is 17.5 Å². The zero-order valence-corrected chi connectivity index (χ0v) is 16.3. The third-order valence-electron chi connectivity index (χ3n) is 5.14. The van der Waals surface area contributed by atoms with E-state index in [1.54, 1.807) is 11.9 Å². The van der Waals surface area contributed by atoms with Crippen LogP contribution in [0.4, 0.5) is 5.69 Å². The minimum atomic E-state index is -0.851. The highest BCUT2D eigenvalue weighted by Gasteiger charge is 2.27. The lowest BCUT2D eigenvalue weighted by Crippen LogP contribution is -2.36. The zero-order valence-electron chi connectivity index (χ0n) is 16.3. The average molecular weight is 398 g/mol. The van der Waals surface area contributed by atoms with Gasteiger partial charge in [-0.15, -0.1) is 0 Å². The van der Waals surface area contributed by atoms with Crippen LogP contribution >= 0.6 is 0 Å². The number of amides is 1. The van der Waals surface area contributed by atoms with Gasteiger partial charge in [-0.1, -0.05) is 24.3 Å². The Bertz CT molecular complexity index is 943. The first-order valence-electron chi connectivity index (χ1n) is 9.25. The molecule has 1 aliphatic carbocycles. The van der Waals surface area contributed by atoms with Crippen LogP contribution in [0.15, 0.2) is 42.5 Å². The van der Waals surface area contributed by atoms with Crippen molar-refractivity contribution in [2.45, 2.75) is 25.3 Å². The molecule has 0 aromatic heterocycles. The number of carbonyl (C=O) groups excluding carboxylic acids is 2. The molecule has 0 heterocycles. The lowest BCUT2D eigenvalue weighted by atomic mass is 9.87. The third kappa shape index (κ3) is 4.37. The highest BCUT2D eigenvalue weighted by molar-refractivity contribution is 5.94. The molecular weight excluding hydrogens is 376 g/mol. The van der Waals surface area contributed by atoms with Crippen molar-refractivity contribution in [1.29, 1.82) is 0 Å². The largest absolute Gasteiger partial charge is 0.496 e. The Morgan fingerprint density at radius 1 is 1.24 bits per heavy atom. The summed E-state index contributed by atoms with van der Waals surface area (Å²) in [5.74, 6) is -1.05. The summed E-state index contributed by atoms with van der Waals surface area (Å²) in [5.41, 5.74) is 1.98. The highest BCUT2D eigenvalue weighted by atomic mass is 16.6. The van der Waals surface area contributed by atoms with Crippen LogP contribution in [0.3, 0.4) is 0 Å². The number of nitrogens with zero attached hydrogens (tertiary/aromatic N) is 2. The molecule has 1 aliphatic rings. The molecule has 0 fully saturated rings. The second kappa shape index (κ2) is 8.72. The van der Waals surface area contributed by atoms with Gasteiger partial charge in [-0.05, 0) is 36.5 Å². The number of rotatable bonds is 6. The molecule has 0 saturated carbocycles. The Kier molecular flexibility index (Phi) is 6.11. The maximum atomic E-state index is 12.6. The summed E-state index contributed by atoms with van der Waals surface area (Å²) < 4.78 is 10.2. The molecule has 0 radical (unpaired) electrons. The Hall–Kier alpha value is -3.42. The molecule has 0 aliphatic heterocycles. The summed E-state index contributed by atoms with van der Waals surface area (Å²) in [7, 11) is 3.04. The summed E-state index contributed by atoms with van der Waals surface area (Å²) in [6, 6.07) is 11.6. The number of benzene rings is 2. The fourth-order valence-corrected chi connectivity index (χ4v) is 3.58. The van der Waals surface area contributed by atoms with Crippen molar-refractivity contribution < 1.29 is 24.0 Å². The van der Waals surface area contributed by atoms with Gasteiger partial charge in [-0.25, -0.2) is 4.79 Å². The number of aryl methyl sites for hydroxylation is 1. The first-order valence-corrected chi connectivity index (χ1v) is 9.25. The fourth-order valence-electron chi connectivity index (χ4n) is 3.58. The first kappa shape index (κ1) is 20.3. The second-order valence-corrected chi connectivity index (χ2v) is 6.83. The van der Waals surface area contributed by atoms with Crippen LogP contribution in [-0.4, -0.2) is 42.5 Å². The summed E-state index contributed by atoms with van der Waals surface area (Å²) in [6.07, 6.45) is 2.80. The molecule has 8 nitrogen and oxygen atoms in total. The Morgan fingerprint density at radius 3 is 2.72 bits per heavy atom. The van der Waals surface area contributed by atoms with E-state index in [1.165, 1.54) is 24.8 Å². The minimum absolute atomic E-state index is 0.0708. The van der Waals surface area contributed by atoms with Crippen LogP contribution < -0.4 is 4.74 Å². The zero-order chi connectivity index (χ0) is 21.0. The Labute approximate surface area is 168 Å². The van der Waals surface area contributed by atoms with Crippen LogP contribution in [0.1, 0.15) is 40.4 Å². The number of fused-ring (bicyclic) bond motifs is 1. The fraction of sp³-hybridized carbons (Fsp3) is 0.333. The number of non-ortho nitro benzene ring substituents is 1. The van der Waals surface area contributed by atoms with Gasteiger partial charge in [-0.2, -0.15) is 0 Å². The molecule has 1 amide bonds. The van der Waals surface area contributed by atoms with E-state index in [1.807, 2.05) is 18.2 Å². The Morgan fingerprint density at radius 2 is 2.00 bits per heavy atom. The van der Waals surface area contributed by atoms with Crippen LogP contribution in [-0.2, 0) is 16.0 Å². The molecule has 0 N–H and O–H groups in total. The molecule has 0 saturated heterocycles. The normalized spacial score (nSPS) is 15.2. The first-order chi connectivity index (χ1) is 13.9. The van der Waals surface area contributed by atoms with Gasteiger partial charge in [0.25, 0.3) is 11.6 Å². The van der Waals surface area contributed by atoms with E-state index in [2.05, 4.69) is 6.07 Å². The summed E-state index contributed by atoms with van der Waals surface area (Å²) in [5, 5.41) is 11.0. The molecule has 0 spiro atoms. The number of ether oxygens (including phenoxy) is 2. The number of nitro benzene ring substituents is 1. The van der Waals surface area contributed by atoms with E-state index in [9.17, 15) is 19.7 Å². The van der Waals surface area contributed by atoms with Gasteiger partial charge >= 0.3 is 5.97 Å². The summed E-state index contributed by atoms with van der Waals surface area (Å²) in [6.45, 7) is -0.458. The number of nitro groups is 1. The SMILES string of the molecule is COc1ccc([N+](=O)[O-])cc1C(=O)OCC(=O)N(C)[C@@H]1CCCc2ccccc21. The molecular formula is C21H22N2O6. The van der Waals surface area contributed by atoms with E-state index in [0.29, 0.717) is 0 Å². The number of hydrogen-bond acceptors (Lipinski definition) is 6. The van der Waals surface area contributed by atoms with Gasteiger partial charge < -0.3 is 14.4 Å². The maximum absolute atomic E-state index is 12.6. The quantitative estimate of drug-likeness (QED) is 0.421. The summed E-state index contributed by atoms with van der Waals surface area (Å²) in [4.78, 5) is 37.0. The van der Waals surface area contributed by atoms with Crippen molar-refractivity contribution in [3.8, 4) is 5.75 Å². The maximum Gasteiger partial charge on any atom is 0.342 e. The topological polar surface area (TPSA) is 99.0 Å². The molecule has 0 bridgehead atoms. The molecule has 29 heavy (non-hydrogen) atoms. The predicted molar refractivity (Wildman–Crippen MR) is 105 cm³/mol. The number of carbonyl (C=O) groups is 2.